The molecule has 0 saturated heterocycles. The van der Waals surface area contributed by atoms with Crippen molar-refractivity contribution in [3.05, 3.63) is 41.1 Å². The lowest BCUT2D eigenvalue weighted by Gasteiger charge is -2.15. The molecule has 0 amide bonds. The Bertz CT molecular complexity index is 516. The number of aliphatic hydroxyl groups excluding tert-OH is 1. The first-order valence-corrected chi connectivity index (χ1v) is 6.40. The highest BCUT2D eigenvalue weighted by atomic mass is 79.9. The summed E-state index contributed by atoms with van der Waals surface area (Å²) in [7, 11) is 1.85. The molecule has 0 fully saturated rings. The van der Waals surface area contributed by atoms with Crippen molar-refractivity contribution in [2.75, 3.05) is 25.1 Å². The predicted molar refractivity (Wildman–Crippen MR) is 75.5 cm³/mol. The summed E-state index contributed by atoms with van der Waals surface area (Å²) in [6.45, 7) is 0.615. The molecule has 0 radical (unpaired) electrons. The molecule has 2 aromatic rings. The SMILES string of the molecule is CN(CCO)c1ncc(-c2cccc(Br)c2)cn1. The van der Waals surface area contributed by atoms with Crippen molar-refractivity contribution in [1.29, 1.82) is 0 Å². The van der Waals surface area contributed by atoms with Crippen LogP contribution in [0.5, 0.6) is 0 Å². The summed E-state index contributed by atoms with van der Waals surface area (Å²) in [4.78, 5) is 10.4. The second kappa shape index (κ2) is 5.93. The molecule has 5 heteroatoms. The van der Waals surface area contributed by atoms with E-state index in [-0.39, 0.29) is 6.61 Å². The Morgan fingerprint density at radius 1 is 1.22 bits per heavy atom. The predicted octanol–water partition coefficient (Wildman–Crippen LogP) is 2.33. The van der Waals surface area contributed by atoms with E-state index in [1.54, 1.807) is 12.4 Å². The molecule has 0 saturated carbocycles. The third-order valence-corrected chi connectivity index (χ3v) is 3.07. The molecule has 0 aliphatic carbocycles. The fraction of sp³-hybridized carbons (Fsp3) is 0.231. The number of hydrogen-bond donors (Lipinski definition) is 1. The van der Waals surface area contributed by atoms with E-state index in [4.69, 9.17) is 5.11 Å². The lowest BCUT2D eigenvalue weighted by molar-refractivity contribution is 0.303. The summed E-state index contributed by atoms with van der Waals surface area (Å²) < 4.78 is 1.03. The monoisotopic (exact) mass is 307 g/mol. The van der Waals surface area contributed by atoms with Crippen LogP contribution in [0.25, 0.3) is 11.1 Å². The number of likely N-dealkylation sites (N-methyl/N-ethyl adjacent to an activating group) is 1. The molecular weight excluding hydrogens is 294 g/mol. The second-order valence-corrected chi connectivity index (χ2v) is 4.84. The van der Waals surface area contributed by atoms with Gasteiger partial charge in [0.1, 0.15) is 0 Å². The molecule has 4 nitrogen and oxygen atoms in total. The Hall–Kier alpha value is -1.46. The molecule has 1 heterocycles. The van der Waals surface area contributed by atoms with E-state index in [9.17, 15) is 0 Å². The fourth-order valence-electron chi connectivity index (χ4n) is 1.59. The highest BCUT2D eigenvalue weighted by Gasteiger charge is 2.04. The van der Waals surface area contributed by atoms with Crippen LogP contribution in [-0.2, 0) is 0 Å². The van der Waals surface area contributed by atoms with Gasteiger partial charge in [0.05, 0.1) is 6.61 Å². The van der Waals surface area contributed by atoms with E-state index in [0.717, 1.165) is 15.6 Å². The molecule has 1 aromatic carbocycles. The Morgan fingerprint density at radius 2 is 1.94 bits per heavy atom. The van der Waals surface area contributed by atoms with Crippen molar-refractivity contribution in [3.8, 4) is 11.1 Å². The minimum atomic E-state index is 0.0905. The summed E-state index contributed by atoms with van der Waals surface area (Å²) in [5, 5.41) is 8.86. The smallest absolute Gasteiger partial charge is 0.225 e. The molecule has 0 unspecified atom stereocenters. The molecular formula is C13H14BrN3O. The summed E-state index contributed by atoms with van der Waals surface area (Å²) in [5.74, 6) is 0.614. The molecule has 1 N–H and O–H groups in total. The first-order valence-electron chi connectivity index (χ1n) is 5.60. The molecule has 1 aromatic heterocycles. The second-order valence-electron chi connectivity index (χ2n) is 3.93. The van der Waals surface area contributed by atoms with Gasteiger partial charge in [-0.05, 0) is 17.7 Å². The van der Waals surface area contributed by atoms with Crippen LogP contribution in [0.4, 0.5) is 5.95 Å². The minimum Gasteiger partial charge on any atom is -0.395 e. The van der Waals surface area contributed by atoms with Crippen LogP contribution in [0.15, 0.2) is 41.1 Å². The maximum Gasteiger partial charge on any atom is 0.225 e. The van der Waals surface area contributed by atoms with Gasteiger partial charge in [-0.3, -0.25) is 0 Å². The van der Waals surface area contributed by atoms with Crippen molar-refractivity contribution in [1.82, 2.24) is 9.97 Å². The molecule has 94 valence electrons. The average molecular weight is 308 g/mol. The van der Waals surface area contributed by atoms with E-state index < -0.39 is 0 Å². The molecule has 2 rings (SSSR count). The highest BCUT2D eigenvalue weighted by molar-refractivity contribution is 9.10. The van der Waals surface area contributed by atoms with E-state index in [1.807, 2.05) is 36.2 Å². The quantitative estimate of drug-likeness (QED) is 0.942. The summed E-state index contributed by atoms with van der Waals surface area (Å²) >= 11 is 3.44. The van der Waals surface area contributed by atoms with Crippen LogP contribution in [0, 0.1) is 0 Å². The number of aromatic nitrogens is 2. The molecule has 0 aliphatic heterocycles. The third-order valence-electron chi connectivity index (χ3n) is 2.57. The average Bonchev–Trinajstić information content (AvgIpc) is 2.39. The zero-order valence-electron chi connectivity index (χ0n) is 10.0. The zero-order chi connectivity index (χ0) is 13.0. The van der Waals surface area contributed by atoms with Gasteiger partial charge in [-0.15, -0.1) is 0 Å². The maximum absolute atomic E-state index is 8.86. The summed E-state index contributed by atoms with van der Waals surface area (Å²) in [6.07, 6.45) is 3.58. The van der Waals surface area contributed by atoms with Gasteiger partial charge < -0.3 is 10.0 Å². The Labute approximate surface area is 114 Å². The van der Waals surface area contributed by atoms with E-state index in [2.05, 4.69) is 25.9 Å². The van der Waals surface area contributed by atoms with Crippen LogP contribution in [0.1, 0.15) is 0 Å². The van der Waals surface area contributed by atoms with Crippen LogP contribution in [0.3, 0.4) is 0 Å². The van der Waals surface area contributed by atoms with Crippen LogP contribution < -0.4 is 4.90 Å². The summed E-state index contributed by atoms with van der Waals surface area (Å²) in [6, 6.07) is 8.00. The van der Waals surface area contributed by atoms with Crippen LogP contribution >= 0.6 is 15.9 Å². The van der Waals surface area contributed by atoms with E-state index in [1.165, 1.54) is 0 Å². The highest BCUT2D eigenvalue weighted by Crippen LogP contribution is 2.22. The molecule has 0 spiro atoms. The van der Waals surface area contributed by atoms with Crippen molar-refractivity contribution < 1.29 is 5.11 Å². The van der Waals surface area contributed by atoms with Crippen molar-refractivity contribution in [2.24, 2.45) is 0 Å². The number of rotatable bonds is 4. The summed E-state index contributed by atoms with van der Waals surface area (Å²) in [5.41, 5.74) is 2.04. The Balaban J connectivity index is 2.22. The largest absolute Gasteiger partial charge is 0.395 e. The molecule has 18 heavy (non-hydrogen) atoms. The van der Waals surface area contributed by atoms with Gasteiger partial charge in [0.15, 0.2) is 0 Å². The van der Waals surface area contributed by atoms with Crippen LogP contribution in [-0.4, -0.2) is 35.3 Å². The normalized spacial score (nSPS) is 10.4. The van der Waals surface area contributed by atoms with Crippen molar-refractivity contribution in [2.45, 2.75) is 0 Å². The first kappa shape index (κ1) is 13.0. The third kappa shape index (κ3) is 3.05. The van der Waals surface area contributed by atoms with E-state index in [0.29, 0.717) is 12.5 Å². The number of benzene rings is 1. The molecule has 0 aliphatic rings. The minimum absolute atomic E-state index is 0.0905. The number of nitrogens with zero attached hydrogens (tertiary/aromatic N) is 3. The fourth-order valence-corrected chi connectivity index (χ4v) is 1.98. The van der Waals surface area contributed by atoms with Gasteiger partial charge in [-0.25, -0.2) is 9.97 Å². The Morgan fingerprint density at radius 3 is 2.56 bits per heavy atom. The number of halogens is 1. The standard InChI is InChI=1S/C13H14BrN3O/c1-17(5-6-18)13-15-8-11(9-16-13)10-3-2-4-12(14)7-10/h2-4,7-9,18H,5-6H2,1H3. The topological polar surface area (TPSA) is 49.2 Å². The lowest BCUT2D eigenvalue weighted by Crippen LogP contribution is -2.23. The van der Waals surface area contributed by atoms with Crippen molar-refractivity contribution >= 4 is 21.9 Å². The van der Waals surface area contributed by atoms with E-state index >= 15 is 0 Å². The Kier molecular flexibility index (Phi) is 4.28. The van der Waals surface area contributed by atoms with Gasteiger partial charge in [-0.2, -0.15) is 0 Å². The molecule has 0 bridgehead atoms. The molecule has 0 atom stereocenters. The number of hydrogen-bond acceptors (Lipinski definition) is 4. The van der Waals surface area contributed by atoms with Crippen molar-refractivity contribution in [3.63, 3.8) is 0 Å². The first-order chi connectivity index (χ1) is 8.70. The number of anilines is 1. The zero-order valence-corrected chi connectivity index (χ0v) is 11.6. The van der Waals surface area contributed by atoms with Crippen LogP contribution in [0.2, 0.25) is 0 Å². The number of aliphatic hydroxyl groups is 1. The van der Waals surface area contributed by atoms with Gasteiger partial charge in [0, 0.05) is 36.0 Å². The van der Waals surface area contributed by atoms with Gasteiger partial charge in [0.2, 0.25) is 5.95 Å². The van der Waals surface area contributed by atoms with Gasteiger partial charge in [0.25, 0.3) is 0 Å². The lowest BCUT2D eigenvalue weighted by atomic mass is 10.1. The van der Waals surface area contributed by atoms with Gasteiger partial charge in [-0.1, -0.05) is 28.1 Å². The van der Waals surface area contributed by atoms with Gasteiger partial charge >= 0.3 is 0 Å². The maximum atomic E-state index is 8.86.